The minimum Gasteiger partial charge on any atom is -0.507 e. The number of hydrogen-bond acceptors (Lipinski definition) is 6. The van der Waals surface area contributed by atoms with Crippen LogP contribution in [0.4, 0.5) is 11.4 Å². The van der Waals surface area contributed by atoms with E-state index < -0.39 is 17.7 Å². The summed E-state index contributed by atoms with van der Waals surface area (Å²) < 4.78 is 11.7. The van der Waals surface area contributed by atoms with Crippen molar-refractivity contribution < 1.29 is 24.2 Å². The van der Waals surface area contributed by atoms with Gasteiger partial charge in [0, 0.05) is 31.0 Å². The van der Waals surface area contributed by atoms with Crippen molar-refractivity contribution in [2.24, 2.45) is 5.92 Å². The number of ether oxygens (including phenoxy) is 2. The van der Waals surface area contributed by atoms with E-state index in [1.165, 1.54) is 4.90 Å². The van der Waals surface area contributed by atoms with Gasteiger partial charge >= 0.3 is 0 Å². The molecule has 0 radical (unpaired) electrons. The van der Waals surface area contributed by atoms with Crippen LogP contribution < -0.4 is 19.3 Å². The molecule has 0 spiro atoms. The first-order chi connectivity index (χ1) is 18.6. The third-order valence-corrected chi connectivity index (χ3v) is 6.33. The molecule has 1 saturated heterocycles. The van der Waals surface area contributed by atoms with E-state index in [9.17, 15) is 14.7 Å². The third kappa shape index (κ3) is 6.08. The highest BCUT2D eigenvalue weighted by atomic mass is 16.5. The summed E-state index contributed by atoms with van der Waals surface area (Å²) in [4.78, 5) is 30.5. The van der Waals surface area contributed by atoms with Crippen molar-refractivity contribution in [1.29, 1.82) is 0 Å². The molecule has 1 amide bonds. The van der Waals surface area contributed by atoms with Crippen molar-refractivity contribution in [3.05, 3.63) is 89.5 Å². The lowest BCUT2D eigenvalue weighted by molar-refractivity contribution is -0.132. The molecule has 204 valence electrons. The summed E-state index contributed by atoms with van der Waals surface area (Å²) in [6.45, 7) is 8.47. The average molecular weight is 529 g/mol. The fraction of sp³-hybridized carbons (Fsp3) is 0.312. The van der Waals surface area contributed by atoms with E-state index in [-0.39, 0.29) is 17.4 Å². The Labute approximate surface area is 230 Å². The molecule has 7 heteroatoms. The number of anilines is 2. The highest BCUT2D eigenvalue weighted by molar-refractivity contribution is 6.51. The topological polar surface area (TPSA) is 79.3 Å². The van der Waals surface area contributed by atoms with Crippen LogP contribution in [0.5, 0.6) is 11.5 Å². The largest absolute Gasteiger partial charge is 0.507 e. The number of rotatable bonds is 9. The molecule has 3 aromatic carbocycles. The van der Waals surface area contributed by atoms with E-state index in [1.807, 2.05) is 95.2 Å². The number of Topliss-reactive ketones (excluding diaryl/α,β-unsaturated/α-hetero) is 1. The van der Waals surface area contributed by atoms with Gasteiger partial charge in [-0.3, -0.25) is 14.5 Å². The lowest BCUT2D eigenvalue weighted by atomic mass is 9.95. The van der Waals surface area contributed by atoms with E-state index in [2.05, 4.69) is 0 Å². The first-order valence-electron chi connectivity index (χ1n) is 13.1. The van der Waals surface area contributed by atoms with Crippen molar-refractivity contribution in [3.8, 4) is 11.5 Å². The number of ketones is 1. The Kier molecular flexibility index (Phi) is 8.29. The Morgan fingerprint density at radius 2 is 1.59 bits per heavy atom. The van der Waals surface area contributed by atoms with Gasteiger partial charge in [-0.25, -0.2) is 0 Å². The van der Waals surface area contributed by atoms with E-state index >= 15 is 0 Å². The Bertz CT molecular complexity index is 1380. The summed E-state index contributed by atoms with van der Waals surface area (Å²) in [5.74, 6) is -0.201. The summed E-state index contributed by atoms with van der Waals surface area (Å²) in [6, 6.07) is 20.8. The van der Waals surface area contributed by atoms with Crippen molar-refractivity contribution in [3.63, 3.8) is 0 Å². The fourth-order valence-corrected chi connectivity index (χ4v) is 4.51. The van der Waals surface area contributed by atoms with Crippen molar-refractivity contribution >= 4 is 28.8 Å². The maximum absolute atomic E-state index is 13.5. The standard InChI is InChI=1S/C32H36N2O5/c1-20(2)19-38-26-11-8-10-23(18-26)30(35)28-29(22-9-7-12-27(17-22)39-21(3)4)34(32(37)31(28)36)25-15-13-24(14-16-25)33(5)6/h7-18,20-21,29,35H,19H2,1-6H3/b30-28-. The average Bonchev–Trinajstić information content (AvgIpc) is 3.17. The van der Waals surface area contributed by atoms with Crippen LogP contribution in [-0.2, 0) is 9.59 Å². The van der Waals surface area contributed by atoms with Gasteiger partial charge in [-0.15, -0.1) is 0 Å². The summed E-state index contributed by atoms with van der Waals surface area (Å²) in [7, 11) is 3.86. The molecule has 1 aliphatic rings. The molecule has 1 heterocycles. The van der Waals surface area contributed by atoms with Crippen LogP contribution >= 0.6 is 0 Å². The summed E-state index contributed by atoms with van der Waals surface area (Å²) in [6.07, 6.45) is -0.0567. The molecule has 1 N–H and O–H groups in total. The number of aliphatic hydroxyl groups is 1. The van der Waals surface area contributed by atoms with E-state index in [0.717, 1.165) is 5.69 Å². The molecule has 3 aromatic rings. The molecule has 39 heavy (non-hydrogen) atoms. The zero-order valence-electron chi connectivity index (χ0n) is 23.3. The number of aliphatic hydroxyl groups excluding tert-OH is 1. The quantitative estimate of drug-likeness (QED) is 0.202. The number of carbonyl (C=O) groups is 2. The van der Waals surface area contributed by atoms with Crippen LogP contribution in [0.15, 0.2) is 78.4 Å². The second-order valence-electron chi connectivity index (χ2n) is 10.6. The van der Waals surface area contributed by atoms with Gasteiger partial charge in [0.05, 0.1) is 24.3 Å². The molecule has 1 aliphatic heterocycles. The Morgan fingerprint density at radius 3 is 2.23 bits per heavy atom. The van der Waals surface area contributed by atoms with E-state index in [4.69, 9.17) is 9.47 Å². The highest BCUT2D eigenvalue weighted by Gasteiger charge is 2.47. The number of carbonyl (C=O) groups excluding carboxylic acids is 2. The Balaban J connectivity index is 1.86. The summed E-state index contributed by atoms with van der Waals surface area (Å²) in [5, 5.41) is 11.5. The number of benzene rings is 3. The van der Waals surface area contributed by atoms with Gasteiger partial charge in [-0.2, -0.15) is 0 Å². The Morgan fingerprint density at radius 1 is 0.923 bits per heavy atom. The van der Waals surface area contributed by atoms with E-state index in [0.29, 0.717) is 40.8 Å². The molecular weight excluding hydrogens is 492 g/mol. The molecule has 1 atom stereocenters. The van der Waals surface area contributed by atoms with Crippen LogP contribution in [0.3, 0.4) is 0 Å². The van der Waals surface area contributed by atoms with E-state index in [1.54, 1.807) is 24.3 Å². The Hall–Kier alpha value is -4.26. The first-order valence-corrected chi connectivity index (χ1v) is 13.1. The minimum atomic E-state index is -0.855. The van der Waals surface area contributed by atoms with Gasteiger partial charge in [-0.1, -0.05) is 38.1 Å². The summed E-state index contributed by atoms with van der Waals surface area (Å²) in [5.41, 5.74) is 2.57. The monoisotopic (exact) mass is 528 g/mol. The normalized spacial score (nSPS) is 16.7. The first kappa shape index (κ1) is 27.8. The molecule has 1 fully saturated rings. The number of amides is 1. The highest BCUT2D eigenvalue weighted by Crippen LogP contribution is 2.43. The maximum atomic E-state index is 13.5. The third-order valence-electron chi connectivity index (χ3n) is 6.33. The van der Waals surface area contributed by atoms with Gasteiger partial charge in [0.25, 0.3) is 11.7 Å². The molecule has 7 nitrogen and oxygen atoms in total. The van der Waals surface area contributed by atoms with Crippen LogP contribution in [0.25, 0.3) is 5.76 Å². The lowest BCUT2D eigenvalue weighted by Crippen LogP contribution is -2.29. The molecule has 0 bridgehead atoms. The predicted octanol–water partition coefficient (Wildman–Crippen LogP) is 6.20. The van der Waals surface area contributed by atoms with Gasteiger partial charge in [0.1, 0.15) is 17.3 Å². The van der Waals surface area contributed by atoms with Crippen LogP contribution in [0.1, 0.15) is 44.9 Å². The molecule has 0 aromatic heterocycles. The van der Waals surface area contributed by atoms with Crippen molar-refractivity contribution in [1.82, 2.24) is 0 Å². The van der Waals surface area contributed by atoms with Gasteiger partial charge in [0.15, 0.2) is 0 Å². The predicted molar refractivity (Wildman–Crippen MR) is 155 cm³/mol. The lowest BCUT2D eigenvalue weighted by Gasteiger charge is -2.26. The fourth-order valence-electron chi connectivity index (χ4n) is 4.51. The number of nitrogens with zero attached hydrogens (tertiary/aromatic N) is 2. The number of hydrogen-bond donors (Lipinski definition) is 1. The SMILES string of the molecule is CC(C)COc1cccc(/C(O)=C2/C(=O)C(=O)N(c3ccc(N(C)C)cc3)C2c2cccc(OC(C)C)c2)c1. The second-order valence-corrected chi connectivity index (χ2v) is 10.6. The van der Waals surface area contributed by atoms with Gasteiger partial charge in [0.2, 0.25) is 0 Å². The minimum absolute atomic E-state index is 0.0133. The molecule has 0 saturated carbocycles. The molecule has 4 rings (SSSR count). The van der Waals surface area contributed by atoms with Crippen LogP contribution in [0, 0.1) is 5.92 Å². The molecule has 1 unspecified atom stereocenters. The molecule has 0 aliphatic carbocycles. The zero-order chi connectivity index (χ0) is 28.3. The van der Waals surface area contributed by atoms with Crippen molar-refractivity contribution in [2.45, 2.75) is 39.8 Å². The summed E-state index contributed by atoms with van der Waals surface area (Å²) >= 11 is 0. The van der Waals surface area contributed by atoms with Gasteiger partial charge < -0.3 is 19.5 Å². The van der Waals surface area contributed by atoms with Crippen LogP contribution in [-0.4, -0.2) is 43.6 Å². The van der Waals surface area contributed by atoms with Crippen LogP contribution in [0.2, 0.25) is 0 Å². The van der Waals surface area contributed by atoms with Crippen molar-refractivity contribution in [2.75, 3.05) is 30.5 Å². The second kappa shape index (κ2) is 11.6. The maximum Gasteiger partial charge on any atom is 0.300 e. The molecular formula is C32H36N2O5. The smallest absolute Gasteiger partial charge is 0.300 e. The zero-order valence-corrected chi connectivity index (χ0v) is 23.3. The van der Waals surface area contributed by atoms with Gasteiger partial charge in [-0.05, 0) is 73.9 Å².